The molecule has 3 nitrogen and oxygen atoms in total. The molecular formula is C14H21ClN2O. The number of piperazine rings is 1. The number of aryl methyl sites for hydroxylation is 1. The quantitative estimate of drug-likeness (QED) is 0.882. The zero-order valence-electron chi connectivity index (χ0n) is 11.0. The lowest BCUT2D eigenvalue weighted by Gasteiger charge is -2.41. The van der Waals surface area contributed by atoms with Gasteiger partial charge in [-0.1, -0.05) is 17.7 Å². The fourth-order valence-corrected chi connectivity index (χ4v) is 2.67. The van der Waals surface area contributed by atoms with Crippen molar-refractivity contribution in [2.24, 2.45) is 0 Å². The number of rotatable bonds is 3. The fraction of sp³-hybridized carbons (Fsp3) is 0.571. The summed E-state index contributed by atoms with van der Waals surface area (Å²) in [5.74, 6) is 0. The van der Waals surface area contributed by atoms with E-state index in [0.29, 0.717) is 12.1 Å². The Balaban J connectivity index is 2.21. The molecule has 4 heteroatoms. The lowest BCUT2D eigenvalue weighted by Crippen LogP contribution is -2.56. The Bertz CT molecular complexity index is 411. The first-order chi connectivity index (χ1) is 8.61. The van der Waals surface area contributed by atoms with E-state index in [0.717, 1.165) is 24.5 Å². The van der Waals surface area contributed by atoms with Crippen LogP contribution >= 0.6 is 11.6 Å². The standard InChI is InChI=1S/C14H21ClN2O/c1-10-3-4-12(15)7-14(10)17-9-13(5-6-18)16-8-11(17)2/h3-4,7,11,13,16,18H,5-6,8-9H2,1-2H3. The van der Waals surface area contributed by atoms with Crippen molar-refractivity contribution in [2.45, 2.75) is 32.4 Å². The molecule has 18 heavy (non-hydrogen) atoms. The van der Waals surface area contributed by atoms with Crippen molar-refractivity contribution in [3.63, 3.8) is 0 Å². The van der Waals surface area contributed by atoms with Crippen LogP contribution < -0.4 is 10.2 Å². The summed E-state index contributed by atoms with van der Waals surface area (Å²) in [5.41, 5.74) is 2.45. The summed E-state index contributed by atoms with van der Waals surface area (Å²) in [5, 5.41) is 13.3. The first kappa shape index (κ1) is 13.7. The number of hydrogen-bond acceptors (Lipinski definition) is 3. The largest absolute Gasteiger partial charge is 0.396 e. The third-order valence-corrected chi connectivity index (χ3v) is 3.84. The highest BCUT2D eigenvalue weighted by Gasteiger charge is 2.25. The van der Waals surface area contributed by atoms with Gasteiger partial charge in [-0.05, 0) is 38.0 Å². The second-order valence-corrected chi connectivity index (χ2v) is 5.49. The maximum Gasteiger partial charge on any atom is 0.0446 e. The minimum Gasteiger partial charge on any atom is -0.396 e. The molecule has 1 heterocycles. The van der Waals surface area contributed by atoms with Gasteiger partial charge in [0.05, 0.1) is 0 Å². The molecule has 2 atom stereocenters. The van der Waals surface area contributed by atoms with Gasteiger partial charge in [0.1, 0.15) is 0 Å². The zero-order chi connectivity index (χ0) is 13.1. The van der Waals surface area contributed by atoms with Gasteiger partial charge in [-0.2, -0.15) is 0 Å². The topological polar surface area (TPSA) is 35.5 Å². The zero-order valence-corrected chi connectivity index (χ0v) is 11.7. The monoisotopic (exact) mass is 268 g/mol. The van der Waals surface area contributed by atoms with Crippen molar-refractivity contribution in [3.05, 3.63) is 28.8 Å². The Morgan fingerprint density at radius 1 is 1.50 bits per heavy atom. The van der Waals surface area contributed by atoms with E-state index in [4.69, 9.17) is 16.7 Å². The van der Waals surface area contributed by atoms with Crippen molar-refractivity contribution in [1.29, 1.82) is 0 Å². The third-order valence-electron chi connectivity index (χ3n) is 3.61. The molecular weight excluding hydrogens is 248 g/mol. The van der Waals surface area contributed by atoms with Gasteiger partial charge < -0.3 is 15.3 Å². The molecule has 0 radical (unpaired) electrons. The lowest BCUT2D eigenvalue weighted by molar-refractivity contribution is 0.254. The molecule has 1 saturated heterocycles. The molecule has 0 aromatic heterocycles. The lowest BCUT2D eigenvalue weighted by atomic mass is 10.0. The number of halogens is 1. The van der Waals surface area contributed by atoms with Crippen LogP contribution in [0.25, 0.3) is 0 Å². The summed E-state index contributed by atoms with van der Waals surface area (Å²) in [6.45, 7) is 6.41. The van der Waals surface area contributed by atoms with Gasteiger partial charge in [0.25, 0.3) is 0 Å². The summed E-state index contributed by atoms with van der Waals surface area (Å²) in [6, 6.07) is 6.82. The summed E-state index contributed by atoms with van der Waals surface area (Å²) in [7, 11) is 0. The highest BCUT2D eigenvalue weighted by atomic mass is 35.5. The molecule has 1 aromatic rings. The van der Waals surface area contributed by atoms with Gasteiger partial charge in [-0.3, -0.25) is 0 Å². The summed E-state index contributed by atoms with van der Waals surface area (Å²) in [6.07, 6.45) is 0.794. The van der Waals surface area contributed by atoms with Crippen LogP contribution in [0.4, 0.5) is 5.69 Å². The van der Waals surface area contributed by atoms with Crippen LogP contribution in [0.2, 0.25) is 5.02 Å². The molecule has 1 aliphatic heterocycles. The number of nitrogens with one attached hydrogen (secondary N) is 1. The normalized spacial score (nSPS) is 24.3. The van der Waals surface area contributed by atoms with E-state index >= 15 is 0 Å². The van der Waals surface area contributed by atoms with E-state index < -0.39 is 0 Å². The van der Waals surface area contributed by atoms with Crippen molar-refractivity contribution in [2.75, 3.05) is 24.6 Å². The van der Waals surface area contributed by atoms with Crippen LogP contribution in [0.1, 0.15) is 18.9 Å². The van der Waals surface area contributed by atoms with Crippen LogP contribution in [-0.2, 0) is 0 Å². The van der Waals surface area contributed by atoms with Gasteiger partial charge in [-0.15, -0.1) is 0 Å². The number of nitrogens with zero attached hydrogens (tertiary/aromatic N) is 1. The molecule has 2 unspecified atom stereocenters. The van der Waals surface area contributed by atoms with Gasteiger partial charge in [0, 0.05) is 42.5 Å². The highest BCUT2D eigenvalue weighted by molar-refractivity contribution is 6.30. The smallest absolute Gasteiger partial charge is 0.0446 e. The van der Waals surface area contributed by atoms with Gasteiger partial charge in [0.15, 0.2) is 0 Å². The molecule has 0 saturated carbocycles. The molecule has 1 aliphatic rings. The first-order valence-corrected chi connectivity index (χ1v) is 6.86. The Labute approximate surface area is 114 Å². The van der Waals surface area contributed by atoms with Gasteiger partial charge in [0.2, 0.25) is 0 Å². The number of hydrogen-bond donors (Lipinski definition) is 2. The van der Waals surface area contributed by atoms with E-state index in [1.54, 1.807) is 0 Å². The van der Waals surface area contributed by atoms with E-state index in [1.807, 2.05) is 12.1 Å². The Hall–Kier alpha value is -0.770. The average Bonchev–Trinajstić information content (AvgIpc) is 2.35. The number of aliphatic hydroxyl groups excluding tert-OH is 1. The van der Waals surface area contributed by atoms with Crippen LogP contribution in [0.15, 0.2) is 18.2 Å². The average molecular weight is 269 g/mol. The molecule has 0 amide bonds. The number of benzene rings is 1. The fourth-order valence-electron chi connectivity index (χ4n) is 2.51. The molecule has 0 aliphatic carbocycles. The minimum absolute atomic E-state index is 0.231. The summed E-state index contributed by atoms with van der Waals surface area (Å²) >= 11 is 6.10. The second-order valence-electron chi connectivity index (χ2n) is 5.05. The van der Waals surface area contributed by atoms with Crippen LogP contribution in [-0.4, -0.2) is 36.9 Å². The van der Waals surface area contributed by atoms with E-state index in [1.165, 1.54) is 11.3 Å². The van der Waals surface area contributed by atoms with Crippen LogP contribution in [0.3, 0.4) is 0 Å². The summed E-state index contributed by atoms with van der Waals surface area (Å²) in [4.78, 5) is 2.39. The van der Waals surface area contributed by atoms with Gasteiger partial charge in [-0.25, -0.2) is 0 Å². The summed E-state index contributed by atoms with van der Waals surface area (Å²) < 4.78 is 0. The molecule has 0 spiro atoms. The van der Waals surface area contributed by atoms with Crippen LogP contribution in [0, 0.1) is 6.92 Å². The number of aliphatic hydroxyl groups is 1. The predicted octanol–water partition coefficient (Wildman–Crippen LogP) is 2.20. The molecule has 2 N–H and O–H groups in total. The molecule has 2 rings (SSSR count). The molecule has 1 fully saturated rings. The van der Waals surface area contributed by atoms with Crippen molar-refractivity contribution < 1.29 is 5.11 Å². The Morgan fingerprint density at radius 3 is 3.00 bits per heavy atom. The SMILES string of the molecule is Cc1ccc(Cl)cc1N1CC(CCO)NCC1C. The van der Waals surface area contributed by atoms with E-state index in [9.17, 15) is 0 Å². The maximum absolute atomic E-state index is 9.06. The Morgan fingerprint density at radius 2 is 2.28 bits per heavy atom. The van der Waals surface area contributed by atoms with Crippen LogP contribution in [0.5, 0.6) is 0 Å². The molecule has 1 aromatic carbocycles. The predicted molar refractivity (Wildman–Crippen MR) is 76.5 cm³/mol. The van der Waals surface area contributed by atoms with E-state index in [2.05, 4.69) is 30.1 Å². The molecule has 0 bridgehead atoms. The minimum atomic E-state index is 0.231. The Kier molecular flexibility index (Phi) is 4.49. The highest BCUT2D eigenvalue weighted by Crippen LogP contribution is 2.27. The maximum atomic E-state index is 9.06. The van der Waals surface area contributed by atoms with Crippen molar-refractivity contribution >= 4 is 17.3 Å². The van der Waals surface area contributed by atoms with E-state index in [-0.39, 0.29) is 6.61 Å². The van der Waals surface area contributed by atoms with Crippen molar-refractivity contribution in [1.82, 2.24) is 5.32 Å². The van der Waals surface area contributed by atoms with Gasteiger partial charge >= 0.3 is 0 Å². The first-order valence-electron chi connectivity index (χ1n) is 6.49. The number of anilines is 1. The third kappa shape index (κ3) is 2.97. The molecule has 100 valence electrons. The van der Waals surface area contributed by atoms with Crippen molar-refractivity contribution in [3.8, 4) is 0 Å². The second kappa shape index (κ2) is 5.91.